The molecule has 1 unspecified atom stereocenters. The van der Waals surface area contributed by atoms with E-state index in [4.69, 9.17) is 0 Å². The van der Waals surface area contributed by atoms with Crippen molar-refractivity contribution in [2.24, 2.45) is 5.92 Å². The van der Waals surface area contributed by atoms with Crippen LogP contribution in [0.15, 0.2) is 42.5 Å². The molecule has 0 spiro atoms. The van der Waals surface area contributed by atoms with Crippen LogP contribution in [0.4, 0.5) is 11.4 Å². The number of aryl methyl sites for hydroxylation is 3. The third-order valence-electron chi connectivity index (χ3n) is 4.89. The van der Waals surface area contributed by atoms with Gasteiger partial charge in [-0.25, -0.2) is 0 Å². The number of carbonyl (C=O) groups is 2. The number of nitrogens with zero attached hydrogens (tertiary/aromatic N) is 1. The molecule has 130 valence electrons. The second-order valence-electron chi connectivity index (χ2n) is 6.64. The monoisotopic (exact) mass is 336 g/mol. The van der Waals surface area contributed by atoms with Crippen LogP contribution >= 0.6 is 0 Å². The number of rotatable bonds is 4. The molecule has 1 N–H and O–H groups in total. The van der Waals surface area contributed by atoms with Gasteiger partial charge in [0.25, 0.3) is 0 Å². The predicted octanol–water partition coefficient (Wildman–Crippen LogP) is 3.86. The molecule has 1 saturated heterocycles. The van der Waals surface area contributed by atoms with E-state index in [0.29, 0.717) is 6.54 Å². The van der Waals surface area contributed by atoms with Crippen molar-refractivity contribution in [2.45, 2.75) is 33.6 Å². The molecule has 4 nitrogen and oxygen atoms in total. The molecule has 1 heterocycles. The SMILES string of the molecule is CCc1cccc(C)c1NC(=O)C1CC(=O)N(c2ccccc2C)C1. The molecule has 4 heteroatoms. The summed E-state index contributed by atoms with van der Waals surface area (Å²) < 4.78 is 0. The largest absolute Gasteiger partial charge is 0.325 e. The lowest BCUT2D eigenvalue weighted by atomic mass is 10.0. The number of hydrogen-bond acceptors (Lipinski definition) is 2. The van der Waals surface area contributed by atoms with E-state index >= 15 is 0 Å². The van der Waals surface area contributed by atoms with E-state index in [0.717, 1.165) is 34.5 Å². The van der Waals surface area contributed by atoms with E-state index in [1.54, 1.807) is 4.90 Å². The molecule has 1 aliphatic heterocycles. The van der Waals surface area contributed by atoms with Gasteiger partial charge < -0.3 is 10.2 Å². The van der Waals surface area contributed by atoms with E-state index in [1.165, 1.54) is 0 Å². The zero-order valence-electron chi connectivity index (χ0n) is 15.0. The molecule has 2 amide bonds. The summed E-state index contributed by atoms with van der Waals surface area (Å²) in [6.45, 7) is 6.48. The number of amides is 2. The maximum Gasteiger partial charge on any atom is 0.229 e. The standard InChI is InChI=1S/C21H24N2O2/c1-4-16-10-7-9-15(3)20(16)22-21(25)17-12-19(24)23(13-17)18-11-6-5-8-14(18)2/h5-11,17H,4,12-13H2,1-3H3,(H,22,25). The first-order valence-electron chi connectivity index (χ1n) is 8.76. The van der Waals surface area contributed by atoms with Crippen molar-refractivity contribution in [2.75, 3.05) is 16.8 Å². The van der Waals surface area contributed by atoms with Gasteiger partial charge in [0.2, 0.25) is 11.8 Å². The summed E-state index contributed by atoms with van der Waals surface area (Å²) >= 11 is 0. The first-order chi connectivity index (χ1) is 12.0. The molecule has 1 fully saturated rings. The molecule has 0 aromatic heterocycles. The van der Waals surface area contributed by atoms with Crippen LogP contribution in [0.2, 0.25) is 0 Å². The summed E-state index contributed by atoms with van der Waals surface area (Å²) in [6.07, 6.45) is 1.11. The Kier molecular flexibility index (Phi) is 4.88. The third kappa shape index (κ3) is 3.43. The minimum absolute atomic E-state index is 0.00921. The van der Waals surface area contributed by atoms with Crippen molar-refractivity contribution >= 4 is 23.2 Å². The predicted molar refractivity (Wildman–Crippen MR) is 101 cm³/mol. The van der Waals surface area contributed by atoms with Crippen LogP contribution in [0, 0.1) is 19.8 Å². The molecular formula is C21H24N2O2. The number of benzene rings is 2. The fourth-order valence-electron chi connectivity index (χ4n) is 3.41. The smallest absolute Gasteiger partial charge is 0.229 e. The molecular weight excluding hydrogens is 312 g/mol. The summed E-state index contributed by atoms with van der Waals surface area (Å²) in [5.74, 6) is -0.389. The van der Waals surface area contributed by atoms with Gasteiger partial charge in [-0.1, -0.05) is 43.3 Å². The van der Waals surface area contributed by atoms with Crippen LogP contribution in [0.25, 0.3) is 0 Å². The lowest BCUT2D eigenvalue weighted by molar-refractivity contribution is -0.122. The van der Waals surface area contributed by atoms with Gasteiger partial charge in [0, 0.05) is 24.3 Å². The quantitative estimate of drug-likeness (QED) is 0.922. The number of nitrogens with one attached hydrogen (secondary N) is 1. The minimum Gasteiger partial charge on any atom is -0.325 e. The number of anilines is 2. The molecule has 2 aromatic carbocycles. The Balaban J connectivity index is 1.77. The van der Waals surface area contributed by atoms with Gasteiger partial charge in [-0.2, -0.15) is 0 Å². The maximum absolute atomic E-state index is 12.8. The highest BCUT2D eigenvalue weighted by atomic mass is 16.2. The fourth-order valence-corrected chi connectivity index (χ4v) is 3.41. The van der Waals surface area contributed by atoms with E-state index in [9.17, 15) is 9.59 Å². The van der Waals surface area contributed by atoms with Gasteiger partial charge in [-0.15, -0.1) is 0 Å². The van der Waals surface area contributed by atoms with Gasteiger partial charge in [-0.3, -0.25) is 9.59 Å². The van der Waals surface area contributed by atoms with Crippen molar-refractivity contribution < 1.29 is 9.59 Å². The van der Waals surface area contributed by atoms with Gasteiger partial charge in [0.05, 0.1) is 5.92 Å². The zero-order valence-corrected chi connectivity index (χ0v) is 15.0. The molecule has 2 aromatic rings. The van der Waals surface area contributed by atoms with Crippen molar-refractivity contribution in [3.05, 3.63) is 59.2 Å². The van der Waals surface area contributed by atoms with Gasteiger partial charge in [-0.05, 0) is 43.0 Å². The summed E-state index contributed by atoms with van der Waals surface area (Å²) in [5, 5.41) is 3.06. The average Bonchev–Trinajstić information content (AvgIpc) is 2.99. The Morgan fingerprint density at radius 2 is 1.84 bits per heavy atom. The Hall–Kier alpha value is -2.62. The van der Waals surface area contributed by atoms with Gasteiger partial charge in [0.1, 0.15) is 0 Å². The molecule has 1 atom stereocenters. The van der Waals surface area contributed by atoms with Crippen molar-refractivity contribution in [1.82, 2.24) is 0 Å². The molecule has 0 saturated carbocycles. The van der Waals surface area contributed by atoms with Crippen LogP contribution < -0.4 is 10.2 Å². The lowest BCUT2D eigenvalue weighted by Crippen LogP contribution is -2.29. The summed E-state index contributed by atoms with van der Waals surface area (Å²) in [6, 6.07) is 13.8. The first kappa shape index (κ1) is 17.2. The number of carbonyl (C=O) groups excluding carboxylic acids is 2. The van der Waals surface area contributed by atoms with Crippen LogP contribution in [-0.4, -0.2) is 18.4 Å². The first-order valence-corrected chi connectivity index (χ1v) is 8.76. The average molecular weight is 336 g/mol. The zero-order chi connectivity index (χ0) is 18.0. The van der Waals surface area contributed by atoms with Crippen molar-refractivity contribution in [3.8, 4) is 0 Å². The highest BCUT2D eigenvalue weighted by Gasteiger charge is 2.35. The Morgan fingerprint density at radius 3 is 2.56 bits per heavy atom. The van der Waals surface area contributed by atoms with E-state index in [-0.39, 0.29) is 24.2 Å². The number of hydrogen-bond donors (Lipinski definition) is 1. The Labute approximate surface area is 148 Å². The minimum atomic E-state index is -0.323. The Bertz CT molecular complexity index is 813. The van der Waals surface area contributed by atoms with Gasteiger partial charge >= 0.3 is 0 Å². The van der Waals surface area contributed by atoms with Crippen LogP contribution in [0.1, 0.15) is 30.0 Å². The second kappa shape index (κ2) is 7.09. The Morgan fingerprint density at radius 1 is 1.12 bits per heavy atom. The van der Waals surface area contributed by atoms with Crippen LogP contribution in [-0.2, 0) is 16.0 Å². The highest BCUT2D eigenvalue weighted by Crippen LogP contribution is 2.29. The van der Waals surface area contributed by atoms with Crippen LogP contribution in [0.3, 0.4) is 0 Å². The summed E-state index contributed by atoms with van der Waals surface area (Å²) in [5.41, 5.74) is 5.00. The topological polar surface area (TPSA) is 49.4 Å². The summed E-state index contributed by atoms with van der Waals surface area (Å²) in [7, 11) is 0. The van der Waals surface area contributed by atoms with E-state index in [1.807, 2.05) is 56.3 Å². The molecule has 3 rings (SSSR count). The molecule has 0 aliphatic carbocycles. The molecule has 0 bridgehead atoms. The molecule has 0 radical (unpaired) electrons. The molecule has 25 heavy (non-hydrogen) atoms. The van der Waals surface area contributed by atoms with Crippen LogP contribution in [0.5, 0.6) is 0 Å². The molecule has 1 aliphatic rings. The normalized spacial score (nSPS) is 17.0. The van der Waals surface area contributed by atoms with Crippen molar-refractivity contribution in [3.63, 3.8) is 0 Å². The van der Waals surface area contributed by atoms with E-state index in [2.05, 4.69) is 12.2 Å². The summed E-state index contributed by atoms with van der Waals surface area (Å²) in [4.78, 5) is 26.9. The van der Waals surface area contributed by atoms with Crippen molar-refractivity contribution in [1.29, 1.82) is 0 Å². The number of para-hydroxylation sites is 2. The fraction of sp³-hybridized carbons (Fsp3) is 0.333. The second-order valence-corrected chi connectivity index (χ2v) is 6.64. The highest BCUT2D eigenvalue weighted by molar-refractivity contribution is 6.04. The van der Waals surface area contributed by atoms with E-state index < -0.39 is 0 Å². The maximum atomic E-state index is 12.8. The van der Waals surface area contributed by atoms with Gasteiger partial charge in [0.15, 0.2) is 0 Å². The third-order valence-corrected chi connectivity index (χ3v) is 4.89. The lowest BCUT2D eigenvalue weighted by Gasteiger charge is -2.19.